The van der Waals surface area contributed by atoms with Crippen LogP contribution in [-0.2, 0) is 20.4 Å². The topological polar surface area (TPSA) is 114 Å². The van der Waals surface area contributed by atoms with Crippen molar-refractivity contribution in [1.29, 1.82) is 0 Å². The maximum Gasteiger partial charge on any atom is 0.322 e. The van der Waals surface area contributed by atoms with Crippen molar-refractivity contribution in [2.75, 3.05) is 7.11 Å². The Hall–Kier alpha value is -3.35. The number of urea groups is 1. The summed E-state index contributed by atoms with van der Waals surface area (Å²) in [5.41, 5.74) is -0.544. The lowest BCUT2D eigenvalue weighted by atomic mass is 9.91. The largest absolute Gasteiger partial charge is 0.496 e. The van der Waals surface area contributed by atoms with Gasteiger partial charge < -0.3 is 10.1 Å². The van der Waals surface area contributed by atoms with E-state index in [9.17, 15) is 18.0 Å². The highest BCUT2D eigenvalue weighted by atomic mass is 32.2. The summed E-state index contributed by atoms with van der Waals surface area (Å²) >= 11 is 0. The van der Waals surface area contributed by atoms with Crippen LogP contribution < -0.4 is 20.1 Å². The molecule has 2 atom stereocenters. The Morgan fingerprint density at radius 3 is 2.47 bits per heavy atom. The van der Waals surface area contributed by atoms with Crippen molar-refractivity contribution >= 4 is 22.0 Å². The molecule has 1 fully saturated rings. The Bertz CT molecular complexity index is 1130. The van der Waals surface area contributed by atoms with Crippen LogP contribution in [0.25, 0.3) is 0 Å². The number of rotatable bonds is 7. The van der Waals surface area contributed by atoms with Gasteiger partial charge in [0.25, 0.3) is 5.91 Å². The molecule has 1 saturated heterocycles. The van der Waals surface area contributed by atoms with Gasteiger partial charge in [0.1, 0.15) is 11.3 Å². The molecule has 0 aromatic heterocycles. The summed E-state index contributed by atoms with van der Waals surface area (Å²) < 4.78 is 34.1. The first kappa shape index (κ1) is 21.4. The summed E-state index contributed by atoms with van der Waals surface area (Å²) in [6, 6.07) is 11.8. The maximum atomic E-state index is 13.1. The monoisotopic (exact) mass is 427 g/mol. The van der Waals surface area contributed by atoms with Crippen LogP contribution in [0.2, 0.25) is 0 Å². The van der Waals surface area contributed by atoms with E-state index in [-0.39, 0.29) is 22.6 Å². The fourth-order valence-electron chi connectivity index (χ4n) is 3.26. The highest BCUT2D eigenvalue weighted by Crippen LogP contribution is 2.34. The standard InChI is InChI=1S/C21H21N3O5S/c1-4-8-17(14-9-6-5-7-10-14)24-30(27,28)15-11-12-18(29-3)16(13-15)21(2)19(25)22-20(26)23-21/h1,5-7,9-13,17,24H,8H2,2-3H3,(H2,22,23,25,26)/t17-,21-/m0/s1. The number of amides is 3. The van der Waals surface area contributed by atoms with Crippen LogP contribution in [0, 0.1) is 12.3 Å². The Kier molecular flexibility index (Phi) is 5.82. The molecule has 0 unspecified atom stereocenters. The minimum Gasteiger partial charge on any atom is -0.496 e. The van der Waals surface area contributed by atoms with E-state index < -0.39 is 33.5 Å². The molecule has 2 aromatic rings. The lowest BCUT2D eigenvalue weighted by molar-refractivity contribution is -0.123. The maximum absolute atomic E-state index is 13.1. The normalized spacial score (nSPS) is 19.5. The Morgan fingerprint density at radius 1 is 1.20 bits per heavy atom. The van der Waals surface area contributed by atoms with Gasteiger partial charge in [0.05, 0.1) is 18.0 Å². The van der Waals surface area contributed by atoms with Crippen molar-refractivity contribution in [3.63, 3.8) is 0 Å². The average molecular weight is 427 g/mol. The number of carbonyl (C=O) groups is 2. The van der Waals surface area contributed by atoms with Crippen LogP contribution in [0.1, 0.15) is 30.5 Å². The zero-order valence-electron chi connectivity index (χ0n) is 16.4. The molecule has 3 N–H and O–H groups in total. The van der Waals surface area contributed by atoms with E-state index in [1.54, 1.807) is 24.3 Å². The lowest BCUT2D eigenvalue weighted by Crippen LogP contribution is -2.41. The molecule has 0 saturated carbocycles. The third-order valence-corrected chi connectivity index (χ3v) is 6.36. The second kappa shape index (κ2) is 8.18. The van der Waals surface area contributed by atoms with Crippen LogP contribution in [-0.4, -0.2) is 27.5 Å². The van der Waals surface area contributed by atoms with Crippen molar-refractivity contribution in [3.8, 4) is 18.1 Å². The van der Waals surface area contributed by atoms with Crippen LogP contribution in [0.4, 0.5) is 4.79 Å². The van der Waals surface area contributed by atoms with E-state index >= 15 is 0 Å². The number of carbonyl (C=O) groups excluding carboxylic acids is 2. The van der Waals surface area contributed by atoms with Gasteiger partial charge in [-0.3, -0.25) is 10.1 Å². The summed E-state index contributed by atoms with van der Waals surface area (Å²) in [4.78, 5) is 23.9. The molecule has 0 spiro atoms. The predicted octanol–water partition coefficient (Wildman–Crippen LogP) is 1.79. The molecule has 0 bridgehead atoms. The summed E-state index contributed by atoms with van der Waals surface area (Å²) in [5.74, 6) is 2.14. The molecule has 8 nitrogen and oxygen atoms in total. The van der Waals surface area contributed by atoms with E-state index in [1.807, 2.05) is 6.07 Å². The van der Waals surface area contributed by atoms with Crippen molar-refractivity contribution in [1.82, 2.24) is 15.4 Å². The number of methoxy groups -OCH3 is 1. The van der Waals surface area contributed by atoms with E-state index in [2.05, 4.69) is 21.3 Å². The fourth-order valence-corrected chi connectivity index (χ4v) is 4.51. The van der Waals surface area contributed by atoms with Gasteiger partial charge in [0.15, 0.2) is 0 Å². The van der Waals surface area contributed by atoms with Gasteiger partial charge in [0, 0.05) is 12.0 Å². The van der Waals surface area contributed by atoms with E-state index in [1.165, 1.54) is 32.2 Å². The molecule has 0 aliphatic carbocycles. The summed E-state index contributed by atoms with van der Waals surface area (Å²) in [7, 11) is -2.62. The number of ether oxygens (including phenoxy) is 1. The molecule has 1 heterocycles. The van der Waals surface area contributed by atoms with Gasteiger partial charge in [-0.1, -0.05) is 30.3 Å². The number of benzene rings is 2. The van der Waals surface area contributed by atoms with Gasteiger partial charge in [-0.25, -0.2) is 17.9 Å². The molecule has 30 heavy (non-hydrogen) atoms. The predicted molar refractivity (Wildman–Crippen MR) is 110 cm³/mol. The number of nitrogens with one attached hydrogen (secondary N) is 3. The van der Waals surface area contributed by atoms with Gasteiger partial charge in [-0.2, -0.15) is 0 Å². The molecule has 0 radical (unpaired) electrons. The lowest BCUT2D eigenvalue weighted by Gasteiger charge is -2.24. The molecular weight excluding hydrogens is 406 g/mol. The van der Waals surface area contributed by atoms with Gasteiger partial charge in [-0.05, 0) is 30.7 Å². The first-order valence-corrected chi connectivity index (χ1v) is 10.5. The molecule has 3 rings (SSSR count). The molecule has 2 aromatic carbocycles. The second-order valence-corrected chi connectivity index (χ2v) is 8.60. The van der Waals surface area contributed by atoms with E-state index in [0.29, 0.717) is 0 Å². The number of imide groups is 1. The summed E-state index contributed by atoms with van der Waals surface area (Å²) in [6.07, 6.45) is 5.58. The smallest absolute Gasteiger partial charge is 0.322 e. The zero-order chi connectivity index (χ0) is 21.9. The molecule has 1 aliphatic heterocycles. The van der Waals surface area contributed by atoms with Gasteiger partial charge in [0.2, 0.25) is 10.0 Å². The Balaban J connectivity index is 2.01. The molecule has 1 aliphatic rings. The van der Waals surface area contributed by atoms with Gasteiger partial charge in [-0.15, -0.1) is 12.3 Å². The first-order chi connectivity index (χ1) is 14.2. The molecular formula is C21H21N3O5S. The second-order valence-electron chi connectivity index (χ2n) is 6.89. The number of hydrogen-bond donors (Lipinski definition) is 3. The zero-order valence-corrected chi connectivity index (χ0v) is 17.2. The Morgan fingerprint density at radius 2 is 1.90 bits per heavy atom. The van der Waals surface area contributed by atoms with Crippen molar-refractivity contribution < 1.29 is 22.7 Å². The third kappa shape index (κ3) is 4.01. The number of terminal acetylenes is 1. The summed E-state index contributed by atoms with van der Waals surface area (Å²) in [6.45, 7) is 1.47. The molecule has 3 amide bonds. The van der Waals surface area contributed by atoms with E-state index in [0.717, 1.165) is 5.56 Å². The van der Waals surface area contributed by atoms with Crippen LogP contribution in [0.15, 0.2) is 53.4 Å². The number of sulfonamides is 1. The van der Waals surface area contributed by atoms with Crippen LogP contribution >= 0.6 is 0 Å². The van der Waals surface area contributed by atoms with Crippen LogP contribution in [0.5, 0.6) is 5.75 Å². The summed E-state index contributed by atoms with van der Waals surface area (Å²) in [5, 5.41) is 4.67. The fraction of sp³-hybridized carbons (Fsp3) is 0.238. The third-order valence-electron chi connectivity index (χ3n) is 4.89. The van der Waals surface area contributed by atoms with Gasteiger partial charge >= 0.3 is 6.03 Å². The minimum absolute atomic E-state index is 0.0913. The van der Waals surface area contributed by atoms with Crippen molar-refractivity contribution in [2.45, 2.75) is 29.8 Å². The highest BCUT2D eigenvalue weighted by Gasteiger charge is 2.45. The first-order valence-electron chi connectivity index (χ1n) is 9.04. The van der Waals surface area contributed by atoms with Crippen LogP contribution in [0.3, 0.4) is 0 Å². The minimum atomic E-state index is -4.01. The van der Waals surface area contributed by atoms with Crippen molar-refractivity contribution in [3.05, 3.63) is 59.7 Å². The molecule has 156 valence electrons. The average Bonchev–Trinajstić information content (AvgIpc) is 3.00. The SMILES string of the molecule is C#CC[C@H](NS(=O)(=O)c1ccc(OC)c([C@]2(C)NC(=O)NC2=O)c1)c1ccccc1. The Labute approximate surface area is 175 Å². The van der Waals surface area contributed by atoms with Crippen molar-refractivity contribution in [2.24, 2.45) is 0 Å². The quantitative estimate of drug-likeness (QED) is 0.461. The molecule has 9 heteroatoms. The highest BCUT2D eigenvalue weighted by molar-refractivity contribution is 7.89. The van der Waals surface area contributed by atoms with E-state index in [4.69, 9.17) is 11.2 Å². The number of hydrogen-bond acceptors (Lipinski definition) is 5.